The fraction of sp³-hybridized carbons (Fsp3) is 0.333. The first-order chi connectivity index (χ1) is 5.77. The van der Waals surface area contributed by atoms with E-state index in [1.54, 1.807) is 0 Å². The Morgan fingerprint density at radius 2 is 2.42 bits per heavy atom. The number of amides is 1. The zero-order chi connectivity index (χ0) is 8.55. The first kappa shape index (κ1) is 7.28. The Balaban J connectivity index is 2.40. The molecule has 0 radical (unpaired) electrons. The van der Waals surface area contributed by atoms with Gasteiger partial charge in [0.2, 0.25) is 5.91 Å². The number of hydrogen-bond acceptors (Lipinski definition) is 2. The van der Waals surface area contributed by atoms with Crippen LogP contribution in [0.4, 0.5) is 0 Å². The lowest BCUT2D eigenvalue weighted by molar-refractivity contribution is -0.118. The van der Waals surface area contributed by atoms with Gasteiger partial charge in [-0.3, -0.25) is 4.79 Å². The Kier molecular flexibility index (Phi) is 1.57. The van der Waals surface area contributed by atoms with E-state index >= 15 is 0 Å². The summed E-state index contributed by atoms with van der Waals surface area (Å²) < 4.78 is 0. The molecule has 0 saturated heterocycles. The van der Waals surface area contributed by atoms with Crippen LogP contribution in [0.25, 0.3) is 0 Å². The highest BCUT2D eigenvalue weighted by atomic mass is 16.1. The summed E-state index contributed by atoms with van der Waals surface area (Å²) in [7, 11) is 0. The van der Waals surface area contributed by atoms with E-state index in [1.165, 1.54) is 0 Å². The molecule has 0 aromatic heterocycles. The van der Waals surface area contributed by atoms with Crippen LogP contribution in [0.1, 0.15) is 13.3 Å². The van der Waals surface area contributed by atoms with Gasteiger partial charge in [0, 0.05) is 19.2 Å². The fourth-order valence-electron chi connectivity index (χ4n) is 1.39. The van der Waals surface area contributed by atoms with Gasteiger partial charge in [-0.25, -0.2) is 0 Å². The normalized spacial score (nSPS) is 21.8. The maximum absolute atomic E-state index is 11.0. The highest BCUT2D eigenvalue weighted by Crippen LogP contribution is 2.15. The van der Waals surface area contributed by atoms with E-state index in [0.717, 1.165) is 18.0 Å². The zero-order valence-corrected chi connectivity index (χ0v) is 6.95. The van der Waals surface area contributed by atoms with Gasteiger partial charge in [-0.2, -0.15) is 4.99 Å². The highest BCUT2D eigenvalue weighted by Gasteiger charge is 2.20. The number of amidine groups is 1. The van der Waals surface area contributed by atoms with E-state index in [-0.39, 0.29) is 5.91 Å². The summed E-state index contributed by atoms with van der Waals surface area (Å²) in [5.74, 6) is 0.804. The number of aliphatic imine (C=N–C) groups is 1. The van der Waals surface area contributed by atoms with E-state index in [0.29, 0.717) is 6.42 Å². The average molecular weight is 162 g/mol. The molecule has 3 heteroatoms. The minimum absolute atomic E-state index is 0.00991. The predicted octanol–water partition coefficient (Wildman–Crippen LogP) is 1.09. The van der Waals surface area contributed by atoms with Crippen LogP contribution in [0.3, 0.4) is 0 Å². The Morgan fingerprint density at radius 1 is 1.58 bits per heavy atom. The van der Waals surface area contributed by atoms with Crippen molar-refractivity contribution in [3.8, 4) is 0 Å². The Morgan fingerprint density at radius 3 is 3.25 bits per heavy atom. The van der Waals surface area contributed by atoms with Crippen molar-refractivity contribution in [1.82, 2.24) is 4.90 Å². The molecule has 0 saturated carbocycles. The number of fused-ring (bicyclic) bond motifs is 1. The molecule has 2 rings (SSSR count). The van der Waals surface area contributed by atoms with E-state index in [2.05, 4.69) is 4.99 Å². The van der Waals surface area contributed by atoms with Crippen molar-refractivity contribution in [2.24, 2.45) is 4.99 Å². The van der Waals surface area contributed by atoms with Gasteiger partial charge in [-0.1, -0.05) is 6.08 Å². The van der Waals surface area contributed by atoms with Crippen molar-refractivity contribution in [2.75, 3.05) is 6.54 Å². The zero-order valence-electron chi connectivity index (χ0n) is 6.95. The molecule has 0 aromatic carbocycles. The molecule has 0 atom stereocenters. The summed E-state index contributed by atoms with van der Waals surface area (Å²) in [5, 5.41) is 0. The van der Waals surface area contributed by atoms with Crippen LogP contribution in [0.2, 0.25) is 0 Å². The van der Waals surface area contributed by atoms with Gasteiger partial charge in [0.15, 0.2) is 0 Å². The second-order valence-corrected chi connectivity index (χ2v) is 2.96. The first-order valence-corrected chi connectivity index (χ1v) is 4.01. The lowest BCUT2D eigenvalue weighted by atomic mass is 10.1. The Labute approximate surface area is 71.1 Å². The number of nitrogens with zero attached hydrogens (tertiary/aromatic N) is 2. The topological polar surface area (TPSA) is 32.7 Å². The van der Waals surface area contributed by atoms with Crippen LogP contribution in [0, 0.1) is 0 Å². The summed E-state index contributed by atoms with van der Waals surface area (Å²) in [6, 6.07) is 0. The molecule has 0 bridgehead atoms. The summed E-state index contributed by atoms with van der Waals surface area (Å²) >= 11 is 0. The molecule has 0 aliphatic carbocycles. The number of hydrogen-bond donors (Lipinski definition) is 0. The second kappa shape index (κ2) is 2.59. The number of carbonyl (C=O) groups excluding carboxylic acids is 1. The van der Waals surface area contributed by atoms with Crippen LogP contribution in [0.15, 0.2) is 28.9 Å². The summed E-state index contributed by atoms with van der Waals surface area (Å²) in [6.07, 6.45) is 6.43. The van der Waals surface area contributed by atoms with Gasteiger partial charge in [-0.05, 0) is 18.6 Å². The maximum Gasteiger partial charge on any atom is 0.249 e. The third kappa shape index (κ3) is 1.07. The van der Waals surface area contributed by atoms with Crippen LogP contribution in [0.5, 0.6) is 0 Å². The molecule has 12 heavy (non-hydrogen) atoms. The van der Waals surface area contributed by atoms with E-state index in [4.69, 9.17) is 0 Å². The highest BCUT2D eigenvalue weighted by molar-refractivity contribution is 6.07. The van der Waals surface area contributed by atoms with Crippen LogP contribution in [-0.2, 0) is 4.79 Å². The number of allylic oxidation sites excluding steroid dienone is 2. The molecule has 0 N–H and O–H groups in total. The quantitative estimate of drug-likeness (QED) is 0.534. The van der Waals surface area contributed by atoms with Gasteiger partial charge in [0.25, 0.3) is 0 Å². The molecule has 2 heterocycles. The van der Waals surface area contributed by atoms with Gasteiger partial charge >= 0.3 is 0 Å². The van der Waals surface area contributed by atoms with Crippen LogP contribution < -0.4 is 0 Å². The molecule has 62 valence electrons. The Hall–Kier alpha value is -1.38. The third-order valence-electron chi connectivity index (χ3n) is 2.03. The van der Waals surface area contributed by atoms with Crippen molar-refractivity contribution >= 4 is 11.7 Å². The maximum atomic E-state index is 11.0. The summed E-state index contributed by atoms with van der Waals surface area (Å²) in [6.45, 7) is 2.73. The first-order valence-electron chi connectivity index (χ1n) is 4.01. The average Bonchev–Trinajstić information content (AvgIpc) is 2.07. The van der Waals surface area contributed by atoms with Gasteiger partial charge in [0.05, 0.1) is 0 Å². The molecular formula is C9H10N2O. The van der Waals surface area contributed by atoms with Crippen molar-refractivity contribution < 1.29 is 4.79 Å². The summed E-state index contributed by atoms with van der Waals surface area (Å²) in [5.41, 5.74) is 1.06. The van der Waals surface area contributed by atoms with E-state index < -0.39 is 0 Å². The lowest BCUT2D eigenvalue weighted by Crippen LogP contribution is -2.34. The van der Waals surface area contributed by atoms with Crippen molar-refractivity contribution in [2.45, 2.75) is 13.3 Å². The smallest absolute Gasteiger partial charge is 0.249 e. The summed E-state index contributed by atoms with van der Waals surface area (Å²) in [4.78, 5) is 17.0. The molecule has 0 aromatic rings. The van der Waals surface area contributed by atoms with E-state index in [9.17, 15) is 4.79 Å². The van der Waals surface area contributed by atoms with Crippen LogP contribution >= 0.6 is 0 Å². The predicted molar refractivity (Wildman–Crippen MR) is 46.7 cm³/mol. The molecule has 0 fully saturated rings. The molecule has 2 aliphatic rings. The van der Waals surface area contributed by atoms with Crippen molar-refractivity contribution in [1.29, 1.82) is 0 Å². The third-order valence-corrected chi connectivity index (χ3v) is 2.03. The van der Waals surface area contributed by atoms with Gasteiger partial charge in [0.1, 0.15) is 5.84 Å². The molecule has 1 amide bonds. The molecule has 2 aliphatic heterocycles. The van der Waals surface area contributed by atoms with E-state index in [1.807, 2.05) is 30.2 Å². The molecule has 3 nitrogen and oxygen atoms in total. The SMILES string of the molecule is CC1=CC=CN2CCC(=O)N=C12. The lowest BCUT2D eigenvalue weighted by Gasteiger charge is -2.27. The van der Waals surface area contributed by atoms with Crippen molar-refractivity contribution in [3.63, 3.8) is 0 Å². The van der Waals surface area contributed by atoms with Crippen molar-refractivity contribution in [3.05, 3.63) is 23.9 Å². The molecule has 0 spiro atoms. The van der Waals surface area contributed by atoms with Crippen LogP contribution in [-0.4, -0.2) is 23.2 Å². The Bertz CT molecular complexity index is 312. The molecular weight excluding hydrogens is 152 g/mol. The second-order valence-electron chi connectivity index (χ2n) is 2.96. The monoisotopic (exact) mass is 162 g/mol. The standard InChI is InChI=1S/C9H10N2O/c1-7-3-2-5-11-6-4-8(12)10-9(7)11/h2-3,5H,4,6H2,1H3. The number of rotatable bonds is 0. The fourth-order valence-corrected chi connectivity index (χ4v) is 1.39. The minimum Gasteiger partial charge on any atom is -0.332 e. The number of carbonyl (C=O) groups is 1. The minimum atomic E-state index is -0.00991. The van der Waals surface area contributed by atoms with Gasteiger partial charge in [-0.15, -0.1) is 0 Å². The van der Waals surface area contributed by atoms with Gasteiger partial charge < -0.3 is 4.90 Å². The largest absolute Gasteiger partial charge is 0.332 e. The molecule has 0 unspecified atom stereocenters.